The molecule has 2 N–H and O–H groups in total. The highest BCUT2D eigenvalue weighted by Crippen LogP contribution is 2.33. The van der Waals surface area contributed by atoms with Crippen LogP contribution in [0.1, 0.15) is 17.4 Å². The number of aromatic amines is 1. The molecule has 0 bridgehead atoms. The summed E-state index contributed by atoms with van der Waals surface area (Å²) in [4.78, 5) is 35.4. The molecule has 0 atom stereocenters. The molecule has 5 rings (SSSR count). The zero-order chi connectivity index (χ0) is 19.4. The molecule has 0 fully saturated rings. The van der Waals surface area contributed by atoms with Crippen LogP contribution in [-0.4, -0.2) is 27.3 Å². The molecule has 140 valence electrons. The van der Waals surface area contributed by atoms with Crippen LogP contribution in [0.5, 0.6) is 0 Å². The van der Waals surface area contributed by atoms with Crippen LogP contribution in [0.15, 0.2) is 39.5 Å². The summed E-state index contributed by atoms with van der Waals surface area (Å²) in [5.41, 5.74) is 1.75. The lowest BCUT2D eigenvalue weighted by Gasteiger charge is -2.25. The van der Waals surface area contributed by atoms with Crippen LogP contribution in [0, 0.1) is 5.41 Å². The smallest absolute Gasteiger partial charge is 0.260 e. The standard InChI is InChI=1S/C20H16N4O3S/c1-10(25)24-7-6-12-15(9-24)28-20-16(12)19(26)22-18(23-20)13-8-11-4-2-3-5-14(11)27-17(13)21/h2-5,8,21H,6-7,9H2,1H3,(H,22,23,26). The molecule has 28 heavy (non-hydrogen) atoms. The van der Waals surface area contributed by atoms with Crippen molar-refractivity contribution in [2.75, 3.05) is 6.54 Å². The first-order valence-electron chi connectivity index (χ1n) is 8.89. The molecule has 1 aliphatic rings. The average molecular weight is 392 g/mol. The zero-order valence-corrected chi connectivity index (χ0v) is 15.9. The highest BCUT2D eigenvalue weighted by molar-refractivity contribution is 7.18. The lowest BCUT2D eigenvalue weighted by Crippen LogP contribution is -2.33. The van der Waals surface area contributed by atoms with Gasteiger partial charge in [0.05, 0.1) is 17.5 Å². The third-order valence-electron chi connectivity index (χ3n) is 5.09. The van der Waals surface area contributed by atoms with Crippen molar-refractivity contribution in [2.24, 2.45) is 0 Å². The summed E-state index contributed by atoms with van der Waals surface area (Å²) in [6, 6.07) is 9.22. The molecule has 0 aliphatic carbocycles. The molecule has 1 amide bonds. The van der Waals surface area contributed by atoms with Gasteiger partial charge in [-0.1, -0.05) is 18.2 Å². The summed E-state index contributed by atoms with van der Waals surface area (Å²) >= 11 is 1.44. The lowest BCUT2D eigenvalue weighted by molar-refractivity contribution is -0.129. The number of rotatable bonds is 1. The molecule has 0 saturated carbocycles. The third kappa shape index (κ3) is 2.56. The number of hydrogen-bond donors (Lipinski definition) is 2. The zero-order valence-electron chi connectivity index (χ0n) is 15.0. The van der Waals surface area contributed by atoms with E-state index in [2.05, 4.69) is 9.97 Å². The summed E-state index contributed by atoms with van der Waals surface area (Å²) in [6.07, 6.45) is 0.647. The predicted molar refractivity (Wildman–Crippen MR) is 106 cm³/mol. The summed E-state index contributed by atoms with van der Waals surface area (Å²) in [6.45, 7) is 2.67. The fraction of sp³-hybridized carbons (Fsp3) is 0.200. The molecular weight excluding hydrogens is 376 g/mol. The van der Waals surface area contributed by atoms with E-state index in [4.69, 9.17) is 9.83 Å². The van der Waals surface area contributed by atoms with Gasteiger partial charge in [-0.15, -0.1) is 11.3 Å². The van der Waals surface area contributed by atoms with E-state index in [0.717, 1.165) is 15.8 Å². The van der Waals surface area contributed by atoms with Crippen molar-refractivity contribution >= 4 is 38.4 Å². The van der Waals surface area contributed by atoms with Crippen LogP contribution in [-0.2, 0) is 17.8 Å². The van der Waals surface area contributed by atoms with E-state index in [9.17, 15) is 9.59 Å². The number of para-hydroxylation sites is 1. The number of nitrogens with one attached hydrogen (secondary N) is 2. The maximum Gasteiger partial charge on any atom is 0.260 e. The molecule has 0 spiro atoms. The van der Waals surface area contributed by atoms with E-state index < -0.39 is 0 Å². The molecule has 7 nitrogen and oxygen atoms in total. The largest absolute Gasteiger partial charge is 0.438 e. The van der Waals surface area contributed by atoms with Gasteiger partial charge in [0.25, 0.3) is 5.56 Å². The van der Waals surface area contributed by atoms with Crippen molar-refractivity contribution in [2.45, 2.75) is 19.9 Å². The first-order chi connectivity index (χ1) is 13.5. The second kappa shape index (κ2) is 6.13. The number of nitrogens with zero attached hydrogens (tertiary/aromatic N) is 2. The monoisotopic (exact) mass is 392 g/mol. The van der Waals surface area contributed by atoms with Crippen molar-refractivity contribution in [3.05, 3.63) is 56.7 Å². The minimum absolute atomic E-state index is 0.0299. The molecule has 0 radical (unpaired) electrons. The summed E-state index contributed by atoms with van der Waals surface area (Å²) < 4.78 is 5.58. The van der Waals surface area contributed by atoms with Gasteiger partial charge in [-0.05, 0) is 24.1 Å². The van der Waals surface area contributed by atoms with Gasteiger partial charge in [0.15, 0.2) is 0 Å². The van der Waals surface area contributed by atoms with Crippen molar-refractivity contribution in [1.29, 1.82) is 5.41 Å². The number of carbonyl (C=O) groups excluding carboxylic acids is 1. The van der Waals surface area contributed by atoms with Gasteiger partial charge in [-0.2, -0.15) is 0 Å². The Morgan fingerprint density at radius 3 is 3.00 bits per heavy atom. The predicted octanol–water partition coefficient (Wildman–Crippen LogP) is 2.78. The van der Waals surface area contributed by atoms with E-state index in [0.29, 0.717) is 46.7 Å². The number of thiophene rings is 1. The Hall–Kier alpha value is -3.26. The van der Waals surface area contributed by atoms with Crippen LogP contribution >= 0.6 is 11.3 Å². The van der Waals surface area contributed by atoms with Crippen molar-refractivity contribution in [3.63, 3.8) is 0 Å². The maximum atomic E-state index is 12.8. The minimum atomic E-state index is -0.221. The van der Waals surface area contributed by atoms with Gasteiger partial charge in [0, 0.05) is 23.7 Å². The van der Waals surface area contributed by atoms with Gasteiger partial charge >= 0.3 is 0 Å². The Balaban J connectivity index is 1.69. The number of carbonyl (C=O) groups is 1. The van der Waals surface area contributed by atoms with Crippen LogP contribution < -0.4 is 11.1 Å². The van der Waals surface area contributed by atoms with Crippen LogP contribution in [0.4, 0.5) is 0 Å². The highest BCUT2D eigenvalue weighted by Gasteiger charge is 2.25. The van der Waals surface area contributed by atoms with E-state index >= 15 is 0 Å². The first kappa shape index (κ1) is 16.9. The normalized spacial score (nSPS) is 13.8. The number of hydrogen-bond acceptors (Lipinski definition) is 6. The van der Waals surface area contributed by atoms with Crippen LogP contribution in [0.25, 0.3) is 32.6 Å². The molecule has 1 aromatic carbocycles. The SMILES string of the molecule is CC(=O)N1CCc2c(sc3nc(-c4cc5ccccc5oc4=N)[nH]c(=O)c23)C1. The van der Waals surface area contributed by atoms with Crippen molar-refractivity contribution in [3.8, 4) is 11.4 Å². The number of H-pyrrole nitrogens is 1. The van der Waals surface area contributed by atoms with E-state index in [1.807, 2.05) is 18.2 Å². The number of amides is 1. The number of benzene rings is 1. The van der Waals surface area contributed by atoms with E-state index in [1.54, 1.807) is 24.0 Å². The minimum Gasteiger partial charge on any atom is -0.438 e. The summed E-state index contributed by atoms with van der Waals surface area (Å²) in [7, 11) is 0. The fourth-order valence-corrected chi connectivity index (χ4v) is 4.89. The second-order valence-electron chi connectivity index (χ2n) is 6.82. The average Bonchev–Trinajstić information content (AvgIpc) is 3.05. The van der Waals surface area contributed by atoms with Crippen LogP contribution in [0.3, 0.4) is 0 Å². The molecule has 4 heterocycles. The van der Waals surface area contributed by atoms with E-state index in [1.165, 1.54) is 11.3 Å². The Morgan fingerprint density at radius 2 is 2.18 bits per heavy atom. The maximum absolute atomic E-state index is 12.8. The Labute approximate surface area is 162 Å². The Kier molecular flexibility index (Phi) is 3.70. The Morgan fingerprint density at radius 1 is 1.36 bits per heavy atom. The van der Waals surface area contributed by atoms with Gasteiger partial charge in [-0.3, -0.25) is 15.0 Å². The molecular formula is C20H16N4O3S. The molecule has 1 aliphatic heterocycles. The summed E-state index contributed by atoms with van der Waals surface area (Å²) in [5.74, 6) is 0.348. The van der Waals surface area contributed by atoms with Crippen LogP contribution in [0.2, 0.25) is 0 Å². The quantitative estimate of drug-likeness (QED) is 0.520. The molecule has 3 aromatic heterocycles. The number of aromatic nitrogens is 2. The highest BCUT2D eigenvalue weighted by atomic mass is 32.1. The first-order valence-corrected chi connectivity index (χ1v) is 9.71. The molecule has 0 saturated heterocycles. The summed E-state index contributed by atoms with van der Waals surface area (Å²) in [5, 5.41) is 9.63. The number of fused-ring (bicyclic) bond motifs is 4. The topological polar surface area (TPSA) is 103 Å². The van der Waals surface area contributed by atoms with Gasteiger partial charge in [0.2, 0.25) is 11.5 Å². The molecule has 4 aromatic rings. The van der Waals surface area contributed by atoms with Gasteiger partial charge < -0.3 is 14.3 Å². The molecule has 0 unspecified atom stereocenters. The Bertz CT molecular complexity index is 1380. The third-order valence-corrected chi connectivity index (χ3v) is 6.20. The van der Waals surface area contributed by atoms with Crippen molar-refractivity contribution in [1.82, 2.24) is 14.9 Å². The molecule has 8 heteroatoms. The van der Waals surface area contributed by atoms with Gasteiger partial charge in [0.1, 0.15) is 16.2 Å². The van der Waals surface area contributed by atoms with Crippen molar-refractivity contribution < 1.29 is 9.21 Å². The lowest BCUT2D eigenvalue weighted by atomic mass is 10.1. The second-order valence-corrected chi connectivity index (χ2v) is 7.90. The fourth-order valence-electron chi connectivity index (χ4n) is 3.65. The van der Waals surface area contributed by atoms with E-state index in [-0.39, 0.29) is 17.0 Å². The van der Waals surface area contributed by atoms with Gasteiger partial charge in [-0.25, -0.2) is 4.98 Å².